The Morgan fingerprint density at radius 2 is 1.83 bits per heavy atom. The van der Waals surface area contributed by atoms with Crippen molar-refractivity contribution in [2.45, 2.75) is 25.3 Å². The van der Waals surface area contributed by atoms with E-state index in [-0.39, 0.29) is 22.8 Å². The third kappa shape index (κ3) is 3.51. The van der Waals surface area contributed by atoms with Crippen LogP contribution >= 0.6 is 0 Å². The lowest BCUT2D eigenvalue weighted by Gasteiger charge is -2.37. The molecule has 1 N–H and O–H groups in total. The van der Waals surface area contributed by atoms with Gasteiger partial charge in [0.15, 0.2) is 0 Å². The highest BCUT2D eigenvalue weighted by molar-refractivity contribution is 5.94. The van der Waals surface area contributed by atoms with Crippen LogP contribution in [0.5, 0.6) is 0 Å². The number of pyridine rings is 1. The molecule has 0 unspecified atom stereocenters. The van der Waals surface area contributed by atoms with Gasteiger partial charge < -0.3 is 19.7 Å². The number of rotatable bonds is 2. The van der Waals surface area contributed by atoms with Crippen LogP contribution in [-0.4, -0.2) is 54.6 Å². The number of halogens is 1. The molecule has 2 saturated heterocycles. The van der Waals surface area contributed by atoms with Gasteiger partial charge in [-0.1, -0.05) is 0 Å². The summed E-state index contributed by atoms with van der Waals surface area (Å²) in [6, 6.07) is 10.2. The summed E-state index contributed by atoms with van der Waals surface area (Å²) >= 11 is 0. The van der Waals surface area contributed by atoms with Gasteiger partial charge in [0, 0.05) is 56.6 Å². The van der Waals surface area contributed by atoms with E-state index in [1.165, 1.54) is 12.1 Å². The summed E-state index contributed by atoms with van der Waals surface area (Å²) in [6.45, 7) is 5.16. The molecule has 0 saturated carbocycles. The lowest BCUT2D eigenvalue weighted by molar-refractivity contribution is 0.0763. The van der Waals surface area contributed by atoms with E-state index in [0.29, 0.717) is 38.0 Å². The Hall–Kier alpha value is -2.67. The van der Waals surface area contributed by atoms with Crippen LogP contribution in [0, 0.1) is 11.7 Å². The fraction of sp³-hybridized carbons (Fsp3) is 0.478. The van der Waals surface area contributed by atoms with Gasteiger partial charge in [-0.2, -0.15) is 0 Å². The van der Waals surface area contributed by atoms with Gasteiger partial charge in [-0.3, -0.25) is 9.59 Å². The van der Waals surface area contributed by atoms with E-state index in [2.05, 4.69) is 10.2 Å². The van der Waals surface area contributed by atoms with Crippen LogP contribution in [0.15, 0.2) is 41.2 Å². The fourth-order valence-electron chi connectivity index (χ4n) is 5.15. The summed E-state index contributed by atoms with van der Waals surface area (Å²) in [5.74, 6) is 0.391. The second-order valence-corrected chi connectivity index (χ2v) is 8.65. The number of amides is 1. The molecule has 3 aliphatic heterocycles. The standard InChI is InChI=1S/C23H27FN4O2/c24-18-2-4-19(5-3-18)26-8-1-9-27(11-10-26)22(29)20-6-7-21-17-12-16(13-25-14-17)15-28(21)23(20)30/h2-7,16-17,25H,1,8-15H2/t16-,17+/m0/s1. The Morgan fingerprint density at radius 3 is 2.67 bits per heavy atom. The topological polar surface area (TPSA) is 57.6 Å². The summed E-state index contributed by atoms with van der Waals surface area (Å²) < 4.78 is 15.1. The smallest absolute Gasteiger partial charge is 0.263 e. The molecule has 3 aliphatic rings. The third-order valence-corrected chi connectivity index (χ3v) is 6.71. The monoisotopic (exact) mass is 410 g/mol. The number of piperidine rings is 1. The normalized spacial score (nSPS) is 23.6. The van der Waals surface area contributed by atoms with Gasteiger partial charge in [0.2, 0.25) is 0 Å². The fourth-order valence-corrected chi connectivity index (χ4v) is 5.15. The van der Waals surface area contributed by atoms with Crippen molar-refractivity contribution in [3.8, 4) is 0 Å². The lowest BCUT2D eigenvalue weighted by atomic mass is 9.84. The molecule has 6 nitrogen and oxygen atoms in total. The molecule has 0 spiro atoms. The Bertz CT molecular complexity index is 1000. The Balaban J connectivity index is 1.34. The zero-order valence-electron chi connectivity index (χ0n) is 17.0. The van der Waals surface area contributed by atoms with E-state index in [1.54, 1.807) is 23.1 Å². The number of hydrogen-bond acceptors (Lipinski definition) is 4. The first-order chi connectivity index (χ1) is 14.6. The summed E-state index contributed by atoms with van der Waals surface area (Å²) in [6.07, 6.45) is 1.93. The second-order valence-electron chi connectivity index (χ2n) is 8.65. The number of anilines is 1. The predicted molar refractivity (Wildman–Crippen MR) is 114 cm³/mol. The summed E-state index contributed by atoms with van der Waals surface area (Å²) in [7, 11) is 0. The molecule has 2 aromatic rings. The average Bonchev–Trinajstić information content (AvgIpc) is 3.01. The zero-order valence-corrected chi connectivity index (χ0v) is 17.0. The van der Waals surface area contributed by atoms with Crippen LogP contribution < -0.4 is 15.8 Å². The van der Waals surface area contributed by atoms with E-state index in [9.17, 15) is 14.0 Å². The first kappa shape index (κ1) is 19.3. The molecule has 2 atom stereocenters. The highest BCUT2D eigenvalue weighted by atomic mass is 19.1. The van der Waals surface area contributed by atoms with Gasteiger partial charge in [-0.25, -0.2) is 4.39 Å². The minimum atomic E-state index is -0.252. The van der Waals surface area contributed by atoms with Crippen molar-refractivity contribution in [1.29, 1.82) is 0 Å². The SMILES string of the molecule is O=C(c1ccc2n(c1=O)C[C@@H]1CNC[C@H]2C1)N1CCCN(c2ccc(F)cc2)CC1. The number of nitrogens with zero attached hydrogens (tertiary/aromatic N) is 3. The van der Waals surface area contributed by atoms with Crippen molar-refractivity contribution in [3.05, 3.63) is 63.8 Å². The van der Waals surface area contributed by atoms with Crippen LogP contribution in [0.3, 0.4) is 0 Å². The number of benzene rings is 1. The van der Waals surface area contributed by atoms with Crippen molar-refractivity contribution < 1.29 is 9.18 Å². The summed E-state index contributed by atoms with van der Waals surface area (Å²) in [5.41, 5.74) is 2.15. The Labute approximate surface area is 175 Å². The number of aromatic nitrogens is 1. The maximum Gasteiger partial charge on any atom is 0.263 e. The molecule has 1 aromatic carbocycles. The molecular formula is C23H27FN4O2. The quantitative estimate of drug-likeness (QED) is 0.823. The summed E-state index contributed by atoms with van der Waals surface area (Å²) in [5, 5.41) is 3.45. The Kier molecular flexibility index (Phi) is 5.06. The molecule has 5 rings (SSSR count). The van der Waals surface area contributed by atoms with E-state index in [4.69, 9.17) is 0 Å². The Morgan fingerprint density at radius 1 is 1.00 bits per heavy atom. The number of nitrogens with one attached hydrogen (secondary N) is 1. The third-order valence-electron chi connectivity index (χ3n) is 6.71. The van der Waals surface area contributed by atoms with E-state index < -0.39 is 0 Å². The van der Waals surface area contributed by atoms with Crippen LogP contribution in [0.25, 0.3) is 0 Å². The van der Waals surface area contributed by atoms with Crippen molar-refractivity contribution in [2.75, 3.05) is 44.2 Å². The maximum absolute atomic E-state index is 13.2. The van der Waals surface area contributed by atoms with E-state index in [0.717, 1.165) is 43.9 Å². The highest BCUT2D eigenvalue weighted by Gasteiger charge is 2.32. The average molecular weight is 410 g/mol. The molecule has 0 aliphatic carbocycles. The largest absolute Gasteiger partial charge is 0.370 e. The molecular weight excluding hydrogens is 383 g/mol. The van der Waals surface area contributed by atoms with Crippen LogP contribution in [0.4, 0.5) is 10.1 Å². The van der Waals surface area contributed by atoms with Gasteiger partial charge in [-0.05, 0) is 61.7 Å². The van der Waals surface area contributed by atoms with E-state index >= 15 is 0 Å². The summed E-state index contributed by atoms with van der Waals surface area (Å²) in [4.78, 5) is 30.4. The molecule has 7 heteroatoms. The number of carbonyl (C=O) groups excluding carboxylic acids is 1. The molecule has 158 valence electrons. The first-order valence-electron chi connectivity index (χ1n) is 10.8. The molecule has 2 fully saturated rings. The molecule has 30 heavy (non-hydrogen) atoms. The minimum Gasteiger partial charge on any atom is -0.370 e. The van der Waals surface area contributed by atoms with Gasteiger partial charge in [0.25, 0.3) is 11.5 Å². The second kappa shape index (κ2) is 7.87. The van der Waals surface area contributed by atoms with Crippen molar-refractivity contribution in [2.24, 2.45) is 5.92 Å². The number of carbonyl (C=O) groups is 1. The van der Waals surface area contributed by atoms with Crippen LogP contribution in [-0.2, 0) is 6.54 Å². The molecule has 1 amide bonds. The molecule has 1 aromatic heterocycles. The van der Waals surface area contributed by atoms with Gasteiger partial charge >= 0.3 is 0 Å². The van der Waals surface area contributed by atoms with Crippen LogP contribution in [0.1, 0.15) is 34.8 Å². The van der Waals surface area contributed by atoms with Crippen molar-refractivity contribution in [1.82, 2.24) is 14.8 Å². The molecule has 4 heterocycles. The first-order valence-corrected chi connectivity index (χ1v) is 10.8. The van der Waals surface area contributed by atoms with Crippen molar-refractivity contribution >= 4 is 11.6 Å². The van der Waals surface area contributed by atoms with Gasteiger partial charge in [0.05, 0.1) is 0 Å². The van der Waals surface area contributed by atoms with Gasteiger partial charge in [-0.15, -0.1) is 0 Å². The maximum atomic E-state index is 13.2. The molecule has 2 bridgehead atoms. The zero-order chi connectivity index (χ0) is 20.7. The van der Waals surface area contributed by atoms with E-state index in [1.807, 2.05) is 10.6 Å². The number of fused-ring (bicyclic) bond motifs is 4. The highest BCUT2D eigenvalue weighted by Crippen LogP contribution is 2.31. The van der Waals surface area contributed by atoms with Crippen molar-refractivity contribution in [3.63, 3.8) is 0 Å². The molecule has 0 radical (unpaired) electrons. The lowest BCUT2D eigenvalue weighted by Crippen LogP contribution is -2.46. The minimum absolute atomic E-state index is 0.145. The number of hydrogen-bond donors (Lipinski definition) is 1. The van der Waals surface area contributed by atoms with Gasteiger partial charge in [0.1, 0.15) is 11.4 Å². The predicted octanol–water partition coefficient (Wildman–Crippen LogP) is 2.05. The van der Waals surface area contributed by atoms with Crippen LogP contribution in [0.2, 0.25) is 0 Å².